The lowest BCUT2D eigenvalue weighted by Crippen LogP contribution is -2.47. The molecule has 1 heterocycles. The third-order valence-corrected chi connectivity index (χ3v) is 3.73. The molecule has 0 aromatic heterocycles. The van der Waals surface area contributed by atoms with Gasteiger partial charge in [-0.25, -0.2) is 9.59 Å². The van der Waals surface area contributed by atoms with Crippen LogP contribution in [0.2, 0.25) is 0 Å². The van der Waals surface area contributed by atoms with Gasteiger partial charge in [0.2, 0.25) is 0 Å². The Kier molecular flexibility index (Phi) is 4.63. The molecular weight excluding hydrogens is 302 g/mol. The zero-order chi connectivity index (χ0) is 17.1. The molecule has 0 saturated heterocycles. The van der Waals surface area contributed by atoms with Crippen LogP contribution < -0.4 is 5.32 Å². The molecule has 0 saturated carbocycles. The third-order valence-electron chi connectivity index (χ3n) is 3.73. The van der Waals surface area contributed by atoms with E-state index in [9.17, 15) is 19.7 Å². The summed E-state index contributed by atoms with van der Waals surface area (Å²) < 4.78 is 4.81. The average molecular weight is 319 g/mol. The Morgan fingerprint density at radius 2 is 2.17 bits per heavy atom. The van der Waals surface area contributed by atoms with Crippen LogP contribution in [0.15, 0.2) is 35.5 Å². The van der Waals surface area contributed by atoms with E-state index in [1.54, 1.807) is 19.9 Å². The number of benzene rings is 1. The zero-order valence-electron chi connectivity index (χ0n) is 13.0. The van der Waals surface area contributed by atoms with Crippen molar-refractivity contribution >= 4 is 17.7 Å². The number of carbonyl (C=O) groups is 2. The molecule has 2 amide bonds. The predicted octanol–water partition coefficient (Wildman–Crippen LogP) is 2.13. The van der Waals surface area contributed by atoms with Gasteiger partial charge in [0.1, 0.15) is 0 Å². The summed E-state index contributed by atoms with van der Waals surface area (Å²) in [6.45, 7) is 3.82. The number of ether oxygens (including phenoxy) is 1. The molecule has 1 atom stereocenters. The van der Waals surface area contributed by atoms with E-state index in [0.717, 1.165) is 0 Å². The van der Waals surface area contributed by atoms with E-state index in [1.165, 1.54) is 30.2 Å². The van der Waals surface area contributed by atoms with E-state index < -0.39 is 16.9 Å². The SMILES string of the molecule is CCN1C(=O)N[C@@H](c2cccc([N+](=O)[O-])c2)C(C(=O)OC)=C1C. The number of allylic oxidation sites excluding steroid dienone is 1. The number of nitrogens with one attached hydrogen (secondary N) is 1. The molecule has 1 aromatic rings. The Labute approximate surface area is 132 Å². The predicted molar refractivity (Wildman–Crippen MR) is 81.5 cm³/mol. The Balaban J connectivity index is 2.57. The van der Waals surface area contributed by atoms with Gasteiger partial charge in [0.25, 0.3) is 5.69 Å². The lowest BCUT2D eigenvalue weighted by atomic mass is 9.94. The molecule has 0 unspecified atom stereocenters. The highest BCUT2D eigenvalue weighted by Crippen LogP contribution is 2.32. The number of nitro groups is 1. The van der Waals surface area contributed by atoms with E-state index >= 15 is 0 Å². The number of nitro benzene ring substituents is 1. The number of esters is 1. The van der Waals surface area contributed by atoms with Crippen molar-refractivity contribution in [1.29, 1.82) is 0 Å². The molecule has 8 heteroatoms. The minimum atomic E-state index is -0.794. The summed E-state index contributed by atoms with van der Waals surface area (Å²) in [7, 11) is 1.25. The summed E-state index contributed by atoms with van der Waals surface area (Å²) in [4.78, 5) is 36.2. The zero-order valence-corrected chi connectivity index (χ0v) is 13.0. The van der Waals surface area contributed by atoms with Crippen molar-refractivity contribution in [2.75, 3.05) is 13.7 Å². The number of non-ortho nitro benzene ring substituents is 1. The Hall–Kier alpha value is -2.90. The lowest BCUT2D eigenvalue weighted by Gasteiger charge is -2.34. The fourth-order valence-corrected chi connectivity index (χ4v) is 2.60. The van der Waals surface area contributed by atoms with Crippen molar-refractivity contribution in [2.45, 2.75) is 19.9 Å². The van der Waals surface area contributed by atoms with Crippen LogP contribution in [0.5, 0.6) is 0 Å². The number of methoxy groups -OCH3 is 1. The van der Waals surface area contributed by atoms with Gasteiger partial charge in [-0.15, -0.1) is 0 Å². The molecule has 1 aliphatic heterocycles. The van der Waals surface area contributed by atoms with E-state index in [0.29, 0.717) is 17.8 Å². The molecule has 0 fully saturated rings. The second kappa shape index (κ2) is 6.47. The maximum atomic E-state index is 12.2. The van der Waals surface area contributed by atoms with Crippen LogP contribution in [0.25, 0.3) is 0 Å². The van der Waals surface area contributed by atoms with Gasteiger partial charge in [0, 0.05) is 24.4 Å². The van der Waals surface area contributed by atoms with Crippen molar-refractivity contribution in [3.05, 3.63) is 51.2 Å². The first-order chi connectivity index (χ1) is 10.9. The fourth-order valence-electron chi connectivity index (χ4n) is 2.60. The largest absolute Gasteiger partial charge is 0.466 e. The first-order valence-electron chi connectivity index (χ1n) is 7.02. The topological polar surface area (TPSA) is 102 Å². The van der Waals surface area contributed by atoms with Crippen LogP contribution in [-0.4, -0.2) is 35.5 Å². The van der Waals surface area contributed by atoms with Gasteiger partial charge in [-0.2, -0.15) is 0 Å². The molecule has 23 heavy (non-hydrogen) atoms. The molecule has 2 rings (SSSR count). The Morgan fingerprint density at radius 3 is 2.74 bits per heavy atom. The van der Waals surface area contributed by atoms with Crippen LogP contribution in [0.3, 0.4) is 0 Å². The van der Waals surface area contributed by atoms with Crippen LogP contribution in [-0.2, 0) is 9.53 Å². The molecule has 1 N–H and O–H groups in total. The molecule has 1 aliphatic rings. The second-order valence-electron chi connectivity index (χ2n) is 4.97. The van der Waals surface area contributed by atoms with Crippen molar-refractivity contribution < 1.29 is 19.2 Å². The summed E-state index contributed by atoms with van der Waals surface area (Å²) in [5.41, 5.74) is 1.06. The first-order valence-corrected chi connectivity index (χ1v) is 7.02. The summed E-state index contributed by atoms with van der Waals surface area (Å²) in [6, 6.07) is 4.65. The highest BCUT2D eigenvalue weighted by atomic mass is 16.6. The van der Waals surface area contributed by atoms with Crippen molar-refractivity contribution in [1.82, 2.24) is 10.2 Å². The Morgan fingerprint density at radius 1 is 1.48 bits per heavy atom. The van der Waals surface area contributed by atoms with Crippen LogP contribution in [0, 0.1) is 10.1 Å². The summed E-state index contributed by atoms with van der Waals surface area (Å²) in [6.07, 6.45) is 0. The van der Waals surface area contributed by atoms with E-state index in [4.69, 9.17) is 4.74 Å². The minimum absolute atomic E-state index is 0.114. The summed E-state index contributed by atoms with van der Waals surface area (Å²) in [5.74, 6) is -0.586. The number of amides is 2. The van der Waals surface area contributed by atoms with Crippen molar-refractivity contribution in [2.24, 2.45) is 0 Å². The minimum Gasteiger partial charge on any atom is -0.466 e. The van der Waals surface area contributed by atoms with Gasteiger partial charge in [0.15, 0.2) is 0 Å². The third kappa shape index (κ3) is 3.01. The molecule has 0 radical (unpaired) electrons. The number of nitrogens with zero attached hydrogens (tertiary/aromatic N) is 2. The van der Waals surface area contributed by atoms with Gasteiger partial charge in [-0.3, -0.25) is 15.0 Å². The summed E-state index contributed by atoms with van der Waals surface area (Å²) >= 11 is 0. The highest BCUT2D eigenvalue weighted by Gasteiger charge is 2.36. The van der Waals surface area contributed by atoms with E-state index in [-0.39, 0.29) is 17.3 Å². The fraction of sp³-hybridized carbons (Fsp3) is 0.333. The molecular formula is C15H17N3O5. The van der Waals surface area contributed by atoms with Gasteiger partial charge in [-0.1, -0.05) is 12.1 Å². The van der Waals surface area contributed by atoms with E-state index in [1.807, 2.05) is 0 Å². The quantitative estimate of drug-likeness (QED) is 0.520. The van der Waals surface area contributed by atoms with Crippen molar-refractivity contribution in [3.8, 4) is 0 Å². The highest BCUT2D eigenvalue weighted by molar-refractivity contribution is 5.95. The molecule has 0 bridgehead atoms. The summed E-state index contributed by atoms with van der Waals surface area (Å²) in [5, 5.41) is 13.6. The van der Waals surface area contributed by atoms with Gasteiger partial charge in [-0.05, 0) is 19.4 Å². The molecule has 8 nitrogen and oxygen atoms in total. The van der Waals surface area contributed by atoms with Crippen LogP contribution >= 0.6 is 0 Å². The maximum Gasteiger partial charge on any atom is 0.337 e. The van der Waals surface area contributed by atoms with E-state index in [2.05, 4.69) is 5.32 Å². The average Bonchev–Trinajstić information content (AvgIpc) is 2.54. The number of urea groups is 1. The number of rotatable bonds is 4. The molecule has 122 valence electrons. The number of hydrogen-bond donors (Lipinski definition) is 1. The maximum absolute atomic E-state index is 12.2. The van der Waals surface area contributed by atoms with Gasteiger partial charge < -0.3 is 10.1 Å². The number of hydrogen-bond acceptors (Lipinski definition) is 5. The standard InChI is InChI=1S/C15H17N3O5/c1-4-17-9(2)12(14(19)23-3)13(16-15(17)20)10-6-5-7-11(8-10)18(21)22/h5-8,13H,4H2,1-3H3,(H,16,20)/t13-/m0/s1. The van der Waals surface area contributed by atoms with Crippen molar-refractivity contribution in [3.63, 3.8) is 0 Å². The monoisotopic (exact) mass is 319 g/mol. The van der Waals surface area contributed by atoms with Gasteiger partial charge in [0.05, 0.1) is 23.6 Å². The Bertz CT molecular complexity index is 698. The second-order valence-corrected chi connectivity index (χ2v) is 4.97. The van der Waals surface area contributed by atoms with Crippen LogP contribution in [0.4, 0.5) is 10.5 Å². The molecule has 1 aromatic carbocycles. The lowest BCUT2D eigenvalue weighted by molar-refractivity contribution is -0.384. The van der Waals surface area contributed by atoms with Gasteiger partial charge >= 0.3 is 12.0 Å². The number of carbonyl (C=O) groups excluding carboxylic acids is 2. The first kappa shape index (κ1) is 16.5. The van der Waals surface area contributed by atoms with Crippen LogP contribution in [0.1, 0.15) is 25.5 Å². The molecule has 0 aliphatic carbocycles. The smallest absolute Gasteiger partial charge is 0.337 e. The molecule has 0 spiro atoms. The normalized spacial score (nSPS) is 17.8.